The highest BCUT2D eigenvalue weighted by atomic mass is 32.2. The molecule has 0 saturated carbocycles. The fourth-order valence-electron chi connectivity index (χ4n) is 3.55. The van der Waals surface area contributed by atoms with Crippen molar-refractivity contribution in [3.05, 3.63) is 89.0 Å². The molecule has 0 bridgehead atoms. The zero-order chi connectivity index (χ0) is 24.9. The lowest BCUT2D eigenvalue weighted by Gasteiger charge is -2.25. The van der Waals surface area contributed by atoms with E-state index in [9.17, 15) is 18.0 Å². The molecule has 7 nitrogen and oxygen atoms in total. The van der Waals surface area contributed by atoms with Crippen LogP contribution in [-0.4, -0.2) is 33.9 Å². The van der Waals surface area contributed by atoms with Crippen molar-refractivity contribution in [3.63, 3.8) is 0 Å². The molecule has 0 heterocycles. The Morgan fingerprint density at radius 3 is 2.18 bits per heavy atom. The van der Waals surface area contributed by atoms with Crippen LogP contribution in [0, 0.1) is 13.8 Å². The number of carbonyl (C=O) groups excluding carboxylic acids is 2. The lowest BCUT2D eigenvalue weighted by molar-refractivity contribution is -0.114. The molecule has 0 saturated heterocycles. The summed E-state index contributed by atoms with van der Waals surface area (Å²) in [6.07, 6.45) is 0.720. The average Bonchev–Trinajstić information content (AvgIpc) is 2.83. The second-order valence-electron chi connectivity index (χ2n) is 7.87. The van der Waals surface area contributed by atoms with Crippen molar-refractivity contribution < 1.29 is 22.7 Å². The van der Waals surface area contributed by atoms with Gasteiger partial charge < -0.3 is 10.1 Å². The molecule has 0 unspecified atom stereocenters. The number of para-hydroxylation sites is 1. The van der Waals surface area contributed by atoms with Crippen molar-refractivity contribution >= 4 is 33.3 Å². The second-order valence-corrected chi connectivity index (χ2v) is 9.74. The standard InChI is InChI=1S/C26H28N2O5S/c1-5-20-8-6-7-19(3)25(20)27-24(29)17-28(22-13-11-21(12-14-22)26(30)33-4)34(31,32)23-15-9-18(2)10-16-23/h6-16H,5,17H2,1-4H3,(H,27,29). The number of hydrogen-bond acceptors (Lipinski definition) is 5. The Hall–Kier alpha value is -3.65. The Balaban J connectivity index is 1.99. The van der Waals surface area contributed by atoms with Gasteiger partial charge in [0.15, 0.2) is 0 Å². The summed E-state index contributed by atoms with van der Waals surface area (Å²) in [6, 6.07) is 18.0. The molecule has 8 heteroatoms. The topological polar surface area (TPSA) is 92.8 Å². The molecule has 0 aliphatic carbocycles. The molecule has 3 aromatic carbocycles. The first kappa shape index (κ1) is 25.0. The van der Waals surface area contributed by atoms with Crippen LogP contribution in [0.4, 0.5) is 11.4 Å². The summed E-state index contributed by atoms with van der Waals surface area (Å²) in [6.45, 7) is 5.30. The molecule has 0 spiro atoms. The first-order valence-corrected chi connectivity index (χ1v) is 12.3. The van der Waals surface area contributed by atoms with Gasteiger partial charge in [-0.15, -0.1) is 0 Å². The lowest BCUT2D eigenvalue weighted by Crippen LogP contribution is -2.38. The van der Waals surface area contributed by atoms with E-state index in [0.717, 1.165) is 27.4 Å². The molecule has 0 radical (unpaired) electrons. The smallest absolute Gasteiger partial charge is 0.337 e. The van der Waals surface area contributed by atoms with Crippen molar-refractivity contribution in [3.8, 4) is 0 Å². The summed E-state index contributed by atoms with van der Waals surface area (Å²) in [5.41, 5.74) is 3.98. The number of benzene rings is 3. The quantitative estimate of drug-likeness (QED) is 0.480. The minimum Gasteiger partial charge on any atom is -0.465 e. The molecular formula is C26H28N2O5S. The van der Waals surface area contributed by atoms with Crippen LogP contribution in [0.5, 0.6) is 0 Å². The monoisotopic (exact) mass is 480 g/mol. The molecule has 0 aliphatic heterocycles. The highest BCUT2D eigenvalue weighted by molar-refractivity contribution is 7.92. The first-order valence-electron chi connectivity index (χ1n) is 10.8. The van der Waals surface area contributed by atoms with Crippen LogP contribution in [-0.2, 0) is 26.0 Å². The SMILES string of the molecule is CCc1cccc(C)c1NC(=O)CN(c1ccc(C(=O)OC)cc1)S(=O)(=O)c1ccc(C)cc1. The van der Waals surface area contributed by atoms with E-state index >= 15 is 0 Å². The number of rotatable bonds is 8. The molecule has 3 rings (SSSR count). The van der Waals surface area contributed by atoms with Crippen molar-refractivity contribution in [1.29, 1.82) is 0 Å². The number of ether oxygens (including phenoxy) is 1. The molecule has 34 heavy (non-hydrogen) atoms. The van der Waals surface area contributed by atoms with Gasteiger partial charge >= 0.3 is 5.97 Å². The number of anilines is 2. The first-order chi connectivity index (χ1) is 16.2. The van der Waals surface area contributed by atoms with E-state index in [4.69, 9.17) is 4.74 Å². The van der Waals surface area contributed by atoms with Crippen LogP contribution in [0.3, 0.4) is 0 Å². The Bertz CT molecular complexity index is 1280. The normalized spacial score (nSPS) is 11.1. The van der Waals surface area contributed by atoms with E-state index in [1.807, 2.05) is 39.0 Å². The van der Waals surface area contributed by atoms with Gasteiger partial charge in [-0.25, -0.2) is 13.2 Å². The maximum Gasteiger partial charge on any atom is 0.337 e. The van der Waals surface area contributed by atoms with E-state index in [1.54, 1.807) is 12.1 Å². The molecule has 0 fully saturated rings. The molecular weight excluding hydrogens is 452 g/mol. The molecule has 1 N–H and O–H groups in total. The fourth-order valence-corrected chi connectivity index (χ4v) is 4.97. The van der Waals surface area contributed by atoms with E-state index in [1.165, 1.54) is 43.5 Å². The predicted octanol–water partition coefficient (Wildman–Crippen LogP) is 4.49. The van der Waals surface area contributed by atoms with Gasteiger partial charge in [-0.2, -0.15) is 0 Å². The summed E-state index contributed by atoms with van der Waals surface area (Å²) in [5.74, 6) is -1.01. The number of nitrogens with zero attached hydrogens (tertiary/aromatic N) is 1. The van der Waals surface area contributed by atoms with Gasteiger partial charge in [0.2, 0.25) is 5.91 Å². The Morgan fingerprint density at radius 2 is 1.59 bits per heavy atom. The number of amides is 1. The van der Waals surface area contributed by atoms with Gasteiger partial charge in [0.05, 0.1) is 23.3 Å². The Morgan fingerprint density at radius 1 is 0.941 bits per heavy atom. The Labute approximate surface area is 200 Å². The van der Waals surface area contributed by atoms with Gasteiger partial charge in [0.25, 0.3) is 10.0 Å². The van der Waals surface area contributed by atoms with Crippen LogP contribution in [0.25, 0.3) is 0 Å². The van der Waals surface area contributed by atoms with Crippen molar-refractivity contribution in [1.82, 2.24) is 0 Å². The third-order valence-corrected chi connectivity index (χ3v) is 7.27. The van der Waals surface area contributed by atoms with Crippen molar-refractivity contribution in [2.75, 3.05) is 23.3 Å². The highest BCUT2D eigenvalue weighted by Gasteiger charge is 2.28. The average molecular weight is 481 g/mol. The third kappa shape index (κ3) is 5.46. The fraction of sp³-hybridized carbons (Fsp3) is 0.231. The van der Waals surface area contributed by atoms with Gasteiger partial charge in [-0.3, -0.25) is 9.10 Å². The van der Waals surface area contributed by atoms with Crippen molar-refractivity contribution in [2.24, 2.45) is 0 Å². The molecule has 0 aromatic heterocycles. The number of esters is 1. The maximum atomic E-state index is 13.6. The maximum absolute atomic E-state index is 13.6. The number of sulfonamides is 1. The number of aryl methyl sites for hydroxylation is 3. The van der Waals surface area contributed by atoms with Gasteiger partial charge in [0.1, 0.15) is 6.54 Å². The predicted molar refractivity (Wildman–Crippen MR) is 133 cm³/mol. The van der Waals surface area contributed by atoms with Crippen molar-refractivity contribution in [2.45, 2.75) is 32.1 Å². The summed E-state index contributed by atoms with van der Waals surface area (Å²) < 4.78 is 32.9. The van der Waals surface area contributed by atoms with Crippen LogP contribution in [0.1, 0.15) is 34.0 Å². The highest BCUT2D eigenvalue weighted by Crippen LogP contribution is 2.26. The number of nitrogens with one attached hydrogen (secondary N) is 1. The van der Waals surface area contributed by atoms with Crippen LogP contribution in [0.2, 0.25) is 0 Å². The summed E-state index contributed by atoms with van der Waals surface area (Å²) in [4.78, 5) is 24.9. The molecule has 3 aromatic rings. The molecule has 1 amide bonds. The third-order valence-electron chi connectivity index (χ3n) is 5.48. The number of hydrogen-bond donors (Lipinski definition) is 1. The summed E-state index contributed by atoms with van der Waals surface area (Å²) in [5, 5.41) is 2.88. The van der Waals surface area contributed by atoms with E-state index in [2.05, 4.69) is 5.32 Å². The van der Waals surface area contributed by atoms with E-state index in [0.29, 0.717) is 5.69 Å². The molecule has 0 aliphatic rings. The minimum atomic E-state index is -4.07. The van der Waals surface area contributed by atoms with Gasteiger partial charge in [-0.1, -0.05) is 42.8 Å². The largest absolute Gasteiger partial charge is 0.465 e. The van der Waals surface area contributed by atoms with Crippen LogP contribution < -0.4 is 9.62 Å². The zero-order valence-electron chi connectivity index (χ0n) is 19.7. The second kappa shape index (κ2) is 10.5. The molecule has 0 atom stereocenters. The summed E-state index contributed by atoms with van der Waals surface area (Å²) in [7, 11) is -2.80. The van der Waals surface area contributed by atoms with Gasteiger partial charge in [-0.05, 0) is 67.8 Å². The zero-order valence-corrected chi connectivity index (χ0v) is 20.5. The van der Waals surface area contributed by atoms with Gasteiger partial charge in [0, 0.05) is 5.69 Å². The van der Waals surface area contributed by atoms with E-state index in [-0.39, 0.29) is 16.1 Å². The minimum absolute atomic E-state index is 0.0630. The van der Waals surface area contributed by atoms with Crippen LogP contribution >= 0.6 is 0 Å². The number of methoxy groups -OCH3 is 1. The Kier molecular flexibility index (Phi) is 7.73. The lowest BCUT2D eigenvalue weighted by atomic mass is 10.1. The van der Waals surface area contributed by atoms with Crippen LogP contribution in [0.15, 0.2) is 71.6 Å². The molecule has 178 valence electrons. The van der Waals surface area contributed by atoms with E-state index < -0.39 is 28.4 Å². The number of carbonyl (C=O) groups is 2. The summed E-state index contributed by atoms with van der Waals surface area (Å²) >= 11 is 0.